The van der Waals surface area contributed by atoms with Gasteiger partial charge < -0.3 is 14.9 Å². The van der Waals surface area contributed by atoms with Gasteiger partial charge in [-0.25, -0.2) is 0 Å². The van der Waals surface area contributed by atoms with Crippen molar-refractivity contribution in [3.8, 4) is 0 Å². The van der Waals surface area contributed by atoms with E-state index in [-0.39, 0.29) is 23.2 Å². The molecular formula is C26H38O5. The molecule has 31 heavy (non-hydrogen) atoms. The van der Waals surface area contributed by atoms with Crippen molar-refractivity contribution in [3.63, 3.8) is 0 Å². The molecule has 0 amide bonds. The quantitative estimate of drug-likeness (QED) is 0.270. The fourth-order valence-corrected chi connectivity index (χ4v) is 4.39. The largest absolute Gasteiger partial charge is 0.461 e. The van der Waals surface area contributed by atoms with Crippen LogP contribution in [-0.4, -0.2) is 40.3 Å². The van der Waals surface area contributed by atoms with E-state index < -0.39 is 24.1 Å². The van der Waals surface area contributed by atoms with Crippen molar-refractivity contribution < 1.29 is 24.5 Å². The van der Waals surface area contributed by atoms with Crippen molar-refractivity contribution in [2.45, 2.75) is 85.5 Å². The first-order valence-corrected chi connectivity index (χ1v) is 11.3. The van der Waals surface area contributed by atoms with Gasteiger partial charge in [-0.15, -0.1) is 0 Å². The standard InChI is InChI=1S/C26H38O5/c1-16(2)21-15-26(6)19(5)24(13-12-20(26)14-23(21)29)31-25(30)18(4)22(28)11-9-7-8-10-17(3)27/h7-9,11-12,17-19,22,24,27-28H,10,13-15H2,1-6H3. The molecule has 6 unspecified atom stereocenters. The lowest BCUT2D eigenvalue weighted by Crippen LogP contribution is -2.45. The van der Waals surface area contributed by atoms with Gasteiger partial charge in [0.05, 0.1) is 18.1 Å². The first-order valence-electron chi connectivity index (χ1n) is 11.3. The monoisotopic (exact) mass is 430 g/mol. The molecule has 0 aromatic carbocycles. The van der Waals surface area contributed by atoms with Crippen molar-refractivity contribution >= 4 is 11.8 Å². The summed E-state index contributed by atoms with van der Waals surface area (Å²) in [5.41, 5.74) is 2.90. The highest BCUT2D eigenvalue weighted by Gasteiger charge is 2.47. The Morgan fingerprint density at radius 2 is 1.97 bits per heavy atom. The Labute approximate surface area is 186 Å². The molecule has 0 spiro atoms. The summed E-state index contributed by atoms with van der Waals surface area (Å²) in [7, 11) is 0. The number of fused-ring (bicyclic) bond motifs is 1. The molecule has 1 fully saturated rings. The van der Waals surface area contributed by atoms with E-state index >= 15 is 0 Å². The van der Waals surface area contributed by atoms with Crippen LogP contribution in [0.5, 0.6) is 0 Å². The number of aliphatic hydroxyl groups is 2. The number of carbonyl (C=O) groups is 2. The molecule has 2 rings (SSSR count). The number of esters is 1. The van der Waals surface area contributed by atoms with Crippen LogP contribution >= 0.6 is 0 Å². The van der Waals surface area contributed by atoms with E-state index in [1.54, 1.807) is 38.2 Å². The van der Waals surface area contributed by atoms with Gasteiger partial charge in [-0.1, -0.05) is 55.4 Å². The molecular weight excluding hydrogens is 392 g/mol. The maximum Gasteiger partial charge on any atom is 0.311 e. The van der Waals surface area contributed by atoms with E-state index in [0.29, 0.717) is 25.7 Å². The van der Waals surface area contributed by atoms with Gasteiger partial charge in [0.25, 0.3) is 0 Å². The first kappa shape index (κ1) is 25.3. The molecule has 5 nitrogen and oxygen atoms in total. The van der Waals surface area contributed by atoms with Gasteiger partial charge in [-0.05, 0) is 51.5 Å². The van der Waals surface area contributed by atoms with Crippen LogP contribution < -0.4 is 0 Å². The SMILES string of the molecule is CC(C)=C1CC2(C)C(=CCC(OC(=O)C(C)C(O)C=CC=CCC(C)O)C2C)CC1=O. The van der Waals surface area contributed by atoms with Crippen molar-refractivity contribution in [2.75, 3.05) is 0 Å². The van der Waals surface area contributed by atoms with E-state index in [1.807, 2.05) is 13.8 Å². The molecule has 0 saturated heterocycles. The van der Waals surface area contributed by atoms with Crippen LogP contribution in [0.25, 0.3) is 0 Å². The Hall–Kier alpha value is -1.98. The highest BCUT2D eigenvalue weighted by Crippen LogP contribution is 2.52. The highest BCUT2D eigenvalue weighted by atomic mass is 16.5. The third kappa shape index (κ3) is 6.05. The lowest BCUT2D eigenvalue weighted by Gasteiger charge is -2.47. The number of ether oxygens (including phenoxy) is 1. The van der Waals surface area contributed by atoms with E-state index in [1.165, 1.54) is 0 Å². The zero-order valence-electron chi connectivity index (χ0n) is 19.7. The number of allylic oxidation sites excluding steroid dienone is 5. The first-order chi connectivity index (χ1) is 14.5. The van der Waals surface area contributed by atoms with Gasteiger partial charge in [0, 0.05) is 18.8 Å². The Bertz CT molecular complexity index is 797. The van der Waals surface area contributed by atoms with E-state index in [0.717, 1.165) is 16.7 Å². The van der Waals surface area contributed by atoms with Gasteiger partial charge in [0.2, 0.25) is 0 Å². The second-order valence-electron chi connectivity index (χ2n) is 9.58. The minimum absolute atomic E-state index is 0.0715. The molecule has 0 radical (unpaired) electrons. The van der Waals surface area contributed by atoms with Gasteiger partial charge in [-0.3, -0.25) is 9.59 Å². The summed E-state index contributed by atoms with van der Waals surface area (Å²) >= 11 is 0. The predicted octanol–water partition coefficient (Wildman–Crippen LogP) is 4.45. The Morgan fingerprint density at radius 1 is 1.29 bits per heavy atom. The summed E-state index contributed by atoms with van der Waals surface area (Å²) in [6, 6.07) is 0. The molecule has 0 heterocycles. The summed E-state index contributed by atoms with van der Waals surface area (Å²) < 4.78 is 5.85. The third-order valence-corrected chi connectivity index (χ3v) is 6.91. The van der Waals surface area contributed by atoms with Gasteiger partial charge in [0.15, 0.2) is 5.78 Å². The molecule has 2 aliphatic rings. The second kappa shape index (κ2) is 10.6. The number of carbonyl (C=O) groups excluding carboxylic acids is 2. The summed E-state index contributed by atoms with van der Waals surface area (Å²) in [5.74, 6) is -0.829. The van der Waals surface area contributed by atoms with Gasteiger partial charge in [0.1, 0.15) is 6.10 Å². The fraction of sp³-hybridized carbons (Fsp3) is 0.615. The number of hydrogen-bond acceptors (Lipinski definition) is 5. The summed E-state index contributed by atoms with van der Waals surface area (Å²) in [5, 5.41) is 19.6. The normalized spacial score (nSPS) is 29.5. The van der Waals surface area contributed by atoms with Crippen molar-refractivity contribution in [2.24, 2.45) is 17.3 Å². The number of Topliss-reactive ketones (excluding diaryl/α,β-unsaturated/α-hetero) is 1. The van der Waals surface area contributed by atoms with Crippen LogP contribution in [0, 0.1) is 17.3 Å². The summed E-state index contributed by atoms with van der Waals surface area (Å²) in [6.45, 7) is 11.6. The Kier molecular flexibility index (Phi) is 8.61. The molecule has 0 bridgehead atoms. The Balaban J connectivity index is 2.04. The maximum absolute atomic E-state index is 12.7. The summed E-state index contributed by atoms with van der Waals surface area (Å²) in [6.07, 6.45) is 9.47. The summed E-state index contributed by atoms with van der Waals surface area (Å²) in [4.78, 5) is 25.2. The van der Waals surface area contributed by atoms with Crippen molar-refractivity contribution in [1.29, 1.82) is 0 Å². The molecule has 2 aliphatic carbocycles. The zero-order chi connectivity index (χ0) is 23.3. The second-order valence-corrected chi connectivity index (χ2v) is 9.58. The van der Waals surface area contributed by atoms with Crippen LogP contribution in [-0.2, 0) is 14.3 Å². The van der Waals surface area contributed by atoms with Crippen molar-refractivity contribution in [3.05, 3.63) is 47.1 Å². The van der Waals surface area contributed by atoms with E-state index in [4.69, 9.17) is 4.74 Å². The topological polar surface area (TPSA) is 83.8 Å². The molecule has 1 saturated carbocycles. The number of rotatable bonds is 7. The molecule has 0 aromatic rings. The van der Waals surface area contributed by atoms with Crippen LogP contribution in [0.15, 0.2) is 47.1 Å². The minimum Gasteiger partial charge on any atom is -0.461 e. The fourth-order valence-electron chi connectivity index (χ4n) is 4.39. The molecule has 6 atom stereocenters. The lowest BCUT2D eigenvalue weighted by molar-refractivity contribution is -0.161. The molecule has 0 aromatic heterocycles. The molecule has 0 aliphatic heterocycles. The molecule has 5 heteroatoms. The van der Waals surface area contributed by atoms with E-state index in [2.05, 4.69) is 19.9 Å². The van der Waals surface area contributed by atoms with Crippen molar-refractivity contribution in [1.82, 2.24) is 0 Å². The predicted molar refractivity (Wildman–Crippen MR) is 122 cm³/mol. The minimum atomic E-state index is -0.950. The average Bonchev–Trinajstić information content (AvgIpc) is 2.70. The van der Waals surface area contributed by atoms with Crippen LogP contribution in [0.4, 0.5) is 0 Å². The Morgan fingerprint density at radius 3 is 2.58 bits per heavy atom. The zero-order valence-corrected chi connectivity index (χ0v) is 19.7. The lowest BCUT2D eigenvalue weighted by atomic mass is 9.58. The number of hydrogen-bond donors (Lipinski definition) is 2. The molecule has 2 N–H and O–H groups in total. The van der Waals surface area contributed by atoms with E-state index in [9.17, 15) is 19.8 Å². The molecule has 172 valence electrons. The third-order valence-electron chi connectivity index (χ3n) is 6.91. The van der Waals surface area contributed by atoms with Crippen LogP contribution in [0.1, 0.15) is 67.2 Å². The highest BCUT2D eigenvalue weighted by molar-refractivity contribution is 5.99. The number of aliphatic hydroxyl groups excluding tert-OH is 2. The van der Waals surface area contributed by atoms with Gasteiger partial charge >= 0.3 is 5.97 Å². The smallest absolute Gasteiger partial charge is 0.311 e. The average molecular weight is 431 g/mol. The van der Waals surface area contributed by atoms with Crippen LogP contribution in [0.2, 0.25) is 0 Å². The van der Waals surface area contributed by atoms with Gasteiger partial charge in [-0.2, -0.15) is 0 Å². The maximum atomic E-state index is 12.7. The van der Waals surface area contributed by atoms with Crippen LogP contribution in [0.3, 0.4) is 0 Å². The number of ketones is 1.